The molecule has 0 aromatic rings. The number of hydrogen-bond acceptors (Lipinski definition) is 18. The molecule has 3 aliphatic heterocycles. The summed E-state index contributed by atoms with van der Waals surface area (Å²) in [5.74, 6) is -0.304. The number of aliphatic hydroxyl groups is 11. The normalized spacial score (nSPS) is 28.9. The molecule has 12 N–H and O–H groups in total. The number of carbonyl (C=O) groups is 1. The second kappa shape index (κ2) is 50.7. The van der Waals surface area contributed by atoms with Crippen molar-refractivity contribution < 1.29 is 89.4 Å². The van der Waals surface area contributed by atoms with Crippen LogP contribution in [-0.4, -0.2) is 193 Å². The number of unbranched alkanes of at least 4 members (excludes halogenated alkanes) is 25. The molecule has 17 atom stereocenters. The van der Waals surface area contributed by atoms with Crippen LogP contribution in [-0.2, 0) is 33.2 Å². The maximum absolute atomic E-state index is 13.4. The van der Waals surface area contributed by atoms with Gasteiger partial charge in [-0.1, -0.05) is 209 Å². The minimum absolute atomic E-state index is 0.214. The first-order valence-corrected chi connectivity index (χ1v) is 34.2. The molecule has 19 nitrogen and oxygen atoms in total. The van der Waals surface area contributed by atoms with Crippen molar-refractivity contribution in [2.75, 3.05) is 26.4 Å². The van der Waals surface area contributed by atoms with Crippen molar-refractivity contribution in [2.45, 2.75) is 330 Å². The van der Waals surface area contributed by atoms with Gasteiger partial charge in [-0.2, -0.15) is 0 Å². The number of ether oxygens (including phenoxy) is 6. The Kier molecular flexibility index (Phi) is 45.8. The Morgan fingerprint density at radius 2 is 0.761 bits per heavy atom. The van der Waals surface area contributed by atoms with Crippen LogP contribution in [0.3, 0.4) is 0 Å². The van der Waals surface area contributed by atoms with Gasteiger partial charge in [-0.25, -0.2) is 0 Å². The second-order valence-corrected chi connectivity index (χ2v) is 24.3. The van der Waals surface area contributed by atoms with Crippen molar-refractivity contribution in [3.8, 4) is 0 Å². The van der Waals surface area contributed by atoms with Crippen molar-refractivity contribution in [3.05, 3.63) is 72.9 Å². The summed E-state index contributed by atoms with van der Waals surface area (Å²) in [5.41, 5.74) is 0. The van der Waals surface area contributed by atoms with Crippen LogP contribution in [0.4, 0.5) is 0 Å². The molecule has 510 valence electrons. The molecule has 0 radical (unpaired) electrons. The van der Waals surface area contributed by atoms with Crippen LogP contribution in [0.5, 0.6) is 0 Å². The lowest BCUT2D eigenvalue weighted by molar-refractivity contribution is -0.379. The number of rotatable bonds is 51. The summed E-state index contributed by atoms with van der Waals surface area (Å²) < 4.78 is 34.3. The second-order valence-electron chi connectivity index (χ2n) is 24.3. The minimum atomic E-state index is -1.99. The van der Waals surface area contributed by atoms with Crippen LogP contribution in [0.1, 0.15) is 226 Å². The van der Waals surface area contributed by atoms with E-state index in [0.29, 0.717) is 12.8 Å². The summed E-state index contributed by atoms with van der Waals surface area (Å²) in [5, 5.41) is 120. The molecule has 0 aliphatic carbocycles. The van der Waals surface area contributed by atoms with E-state index in [4.69, 9.17) is 28.4 Å². The molecule has 19 heteroatoms. The van der Waals surface area contributed by atoms with Gasteiger partial charge in [0.05, 0.1) is 38.6 Å². The van der Waals surface area contributed by atoms with Crippen molar-refractivity contribution >= 4 is 5.91 Å². The summed E-state index contributed by atoms with van der Waals surface area (Å²) in [6.45, 7) is 1.67. The summed E-state index contributed by atoms with van der Waals surface area (Å²) in [4.78, 5) is 13.4. The third kappa shape index (κ3) is 32.7. The van der Waals surface area contributed by atoms with Crippen LogP contribution < -0.4 is 5.32 Å². The molecule has 3 fully saturated rings. The largest absolute Gasteiger partial charge is 0.394 e. The summed E-state index contributed by atoms with van der Waals surface area (Å²) in [7, 11) is 0. The van der Waals surface area contributed by atoms with Crippen molar-refractivity contribution in [1.29, 1.82) is 0 Å². The Labute approximate surface area is 528 Å². The van der Waals surface area contributed by atoms with Gasteiger partial charge < -0.3 is 89.9 Å². The molecule has 17 unspecified atom stereocenters. The standard InChI is InChI=1S/C69H121NO18/c1-3-5-7-9-11-13-15-17-19-21-23-24-25-26-27-29-30-32-34-36-38-40-42-44-46-53(74)52(70-57(75)47-45-43-41-39-37-35-33-31-28-22-20-18-16-14-12-10-8-6-4-2)51-83-67-63(81)60(78)65(55(49-72)85-67)88-69-64(82)61(79)66(56(50-73)86-69)87-68-62(80)59(77)58(76)54(48-71)84-68/h12,14,18,20,28-31,36,38,44,46,52-56,58-69,71-74,76-82H,3-11,13,15-17,19,21-27,32-35,37,39-43,45,47-51H2,1-2H3,(H,70,75)/b14-12-,20-18-,30-29+,31-28-,38-36+,46-44+. The molecule has 3 rings (SSSR count). The zero-order valence-corrected chi connectivity index (χ0v) is 53.7. The fraction of sp³-hybridized carbons (Fsp3) is 0.812. The van der Waals surface area contributed by atoms with Crippen molar-refractivity contribution in [1.82, 2.24) is 5.32 Å². The molecular formula is C69H121NO18. The maximum atomic E-state index is 13.4. The lowest BCUT2D eigenvalue weighted by Gasteiger charge is -2.48. The third-order valence-electron chi connectivity index (χ3n) is 16.7. The summed E-state index contributed by atoms with van der Waals surface area (Å²) in [6.07, 6.45) is 35.9. The fourth-order valence-electron chi connectivity index (χ4n) is 11.1. The van der Waals surface area contributed by atoms with Crippen LogP contribution in [0.25, 0.3) is 0 Å². The quantitative estimate of drug-likeness (QED) is 0.0200. The van der Waals surface area contributed by atoms with E-state index in [2.05, 4.69) is 79.9 Å². The first kappa shape index (κ1) is 79.5. The van der Waals surface area contributed by atoms with Crippen LogP contribution in [0, 0.1) is 0 Å². The highest BCUT2D eigenvalue weighted by atomic mass is 16.8. The molecule has 0 bridgehead atoms. The van der Waals surface area contributed by atoms with Gasteiger partial charge in [0.1, 0.15) is 73.2 Å². The average Bonchev–Trinajstić information content (AvgIpc) is 3.71. The molecule has 0 aromatic carbocycles. The van der Waals surface area contributed by atoms with Crippen LogP contribution >= 0.6 is 0 Å². The van der Waals surface area contributed by atoms with Crippen molar-refractivity contribution in [2.24, 2.45) is 0 Å². The monoisotopic (exact) mass is 1250 g/mol. The average molecular weight is 1250 g/mol. The highest BCUT2D eigenvalue weighted by molar-refractivity contribution is 5.76. The molecule has 1 amide bonds. The zero-order valence-electron chi connectivity index (χ0n) is 53.7. The molecule has 3 heterocycles. The topological polar surface area (TPSA) is 307 Å². The van der Waals surface area contributed by atoms with Gasteiger partial charge in [-0.15, -0.1) is 0 Å². The lowest BCUT2D eigenvalue weighted by atomic mass is 9.96. The molecule has 0 aromatic heterocycles. The number of hydrogen-bond donors (Lipinski definition) is 12. The van der Waals surface area contributed by atoms with E-state index in [1.807, 2.05) is 6.08 Å². The summed E-state index contributed by atoms with van der Waals surface area (Å²) in [6, 6.07) is -1.01. The third-order valence-corrected chi connectivity index (χ3v) is 16.7. The van der Waals surface area contributed by atoms with Crippen LogP contribution in [0.2, 0.25) is 0 Å². The highest BCUT2D eigenvalue weighted by Gasteiger charge is 2.53. The van der Waals surface area contributed by atoms with Gasteiger partial charge in [0.15, 0.2) is 18.9 Å². The van der Waals surface area contributed by atoms with E-state index >= 15 is 0 Å². The predicted octanol–water partition coefficient (Wildman–Crippen LogP) is 8.55. The van der Waals surface area contributed by atoms with E-state index in [1.54, 1.807) is 6.08 Å². The van der Waals surface area contributed by atoms with Gasteiger partial charge >= 0.3 is 0 Å². The maximum Gasteiger partial charge on any atom is 0.220 e. The number of aliphatic hydroxyl groups excluding tert-OH is 11. The first-order valence-electron chi connectivity index (χ1n) is 34.2. The predicted molar refractivity (Wildman–Crippen MR) is 341 cm³/mol. The SMILES string of the molecule is CCCCC/C=C\C/C=C\C/C=C\CCCCCCCCC(=O)NC(COC1OC(CO)C(OC2OC(CO)C(OC3OC(CO)C(O)C(O)C3O)C(O)C2O)C(O)C1O)C(O)/C=C/CC/C=C/CC/C=C/CCCCCCCCCCCCCCCC. The van der Waals surface area contributed by atoms with Gasteiger partial charge in [-0.05, 0) is 83.5 Å². The highest BCUT2D eigenvalue weighted by Crippen LogP contribution is 2.33. The molecule has 3 aliphatic rings. The van der Waals surface area contributed by atoms with Gasteiger partial charge in [0.2, 0.25) is 5.91 Å². The minimum Gasteiger partial charge on any atom is -0.394 e. The number of allylic oxidation sites excluding steroid dienone is 11. The van der Waals surface area contributed by atoms with Gasteiger partial charge in [-0.3, -0.25) is 4.79 Å². The fourth-order valence-corrected chi connectivity index (χ4v) is 11.1. The van der Waals surface area contributed by atoms with E-state index in [-0.39, 0.29) is 18.9 Å². The Balaban J connectivity index is 1.48. The molecule has 0 saturated carbocycles. The summed E-state index contributed by atoms with van der Waals surface area (Å²) >= 11 is 0. The van der Waals surface area contributed by atoms with E-state index in [0.717, 1.165) is 83.5 Å². The zero-order chi connectivity index (χ0) is 64.0. The lowest BCUT2D eigenvalue weighted by Crippen LogP contribution is -2.66. The molecule has 3 saturated heterocycles. The smallest absolute Gasteiger partial charge is 0.220 e. The number of amides is 1. The molecule has 0 spiro atoms. The number of carbonyl (C=O) groups excluding carboxylic acids is 1. The molecular weight excluding hydrogens is 1130 g/mol. The van der Waals surface area contributed by atoms with Crippen molar-refractivity contribution in [3.63, 3.8) is 0 Å². The van der Waals surface area contributed by atoms with Crippen LogP contribution in [0.15, 0.2) is 72.9 Å². The Morgan fingerprint density at radius 3 is 1.24 bits per heavy atom. The first-order chi connectivity index (χ1) is 42.8. The molecule has 88 heavy (non-hydrogen) atoms. The van der Waals surface area contributed by atoms with E-state index < -0.39 is 124 Å². The number of nitrogens with one attached hydrogen (secondary N) is 1. The van der Waals surface area contributed by atoms with Gasteiger partial charge in [0.25, 0.3) is 0 Å². The van der Waals surface area contributed by atoms with E-state index in [1.165, 1.54) is 109 Å². The van der Waals surface area contributed by atoms with E-state index in [9.17, 15) is 61.0 Å². The Bertz CT molecular complexity index is 1880. The Morgan fingerprint density at radius 1 is 0.409 bits per heavy atom. The van der Waals surface area contributed by atoms with Gasteiger partial charge in [0, 0.05) is 6.42 Å². The Hall–Kier alpha value is -2.77.